The number of amides is 1. The largest absolute Gasteiger partial charge is 0.444 e. The lowest BCUT2D eigenvalue weighted by atomic mass is 10.0. The molecule has 200 valence electrons. The molecule has 0 spiro atoms. The molecule has 1 atom stereocenters. The van der Waals surface area contributed by atoms with Crippen molar-refractivity contribution in [2.24, 2.45) is 5.73 Å². The Morgan fingerprint density at radius 3 is 2.17 bits per heavy atom. The van der Waals surface area contributed by atoms with Crippen LogP contribution in [0.1, 0.15) is 59.8 Å². The van der Waals surface area contributed by atoms with Crippen LogP contribution < -0.4 is 27.0 Å². The summed E-state index contributed by atoms with van der Waals surface area (Å²) in [5.41, 5.74) is 8.44. The van der Waals surface area contributed by atoms with Gasteiger partial charge in [0.25, 0.3) is 0 Å². The molecule has 0 rings (SSSR count). The number of Topliss-reactive ketones (excluding diaryl/α,β-unsaturated/α-hetero) is 1. The van der Waals surface area contributed by atoms with Crippen molar-refractivity contribution in [2.45, 2.75) is 71.4 Å². The molecule has 0 aromatic carbocycles. The molecular weight excluding hydrogens is 442 g/mol. The van der Waals surface area contributed by atoms with Crippen LogP contribution in [-0.4, -0.2) is 69.3 Å². The van der Waals surface area contributed by atoms with E-state index in [0.717, 1.165) is 70.5 Å². The van der Waals surface area contributed by atoms with E-state index >= 15 is 0 Å². The summed E-state index contributed by atoms with van der Waals surface area (Å²) >= 11 is 0. The Labute approximate surface area is 212 Å². The normalized spacial score (nSPS) is 12.9. The number of ketones is 1. The Balaban J connectivity index is 4.41. The first-order chi connectivity index (χ1) is 16.7. The summed E-state index contributed by atoms with van der Waals surface area (Å²) in [4.78, 5) is 25.2. The highest BCUT2D eigenvalue weighted by atomic mass is 16.6. The van der Waals surface area contributed by atoms with Gasteiger partial charge in [0.05, 0.1) is 12.6 Å². The molecule has 0 bridgehead atoms. The van der Waals surface area contributed by atoms with E-state index in [1.165, 1.54) is 0 Å². The first-order valence-corrected chi connectivity index (χ1v) is 12.8. The fourth-order valence-corrected chi connectivity index (χ4v) is 3.10. The maximum atomic E-state index is 12.9. The van der Waals surface area contributed by atoms with Crippen LogP contribution >= 0.6 is 0 Å². The van der Waals surface area contributed by atoms with E-state index in [0.29, 0.717) is 6.42 Å². The van der Waals surface area contributed by atoms with Crippen molar-refractivity contribution < 1.29 is 14.3 Å². The van der Waals surface area contributed by atoms with Crippen molar-refractivity contribution in [3.63, 3.8) is 0 Å². The molecule has 0 aliphatic carbocycles. The summed E-state index contributed by atoms with van der Waals surface area (Å²) in [6, 6.07) is -0.683. The topological polar surface area (TPSA) is 118 Å². The van der Waals surface area contributed by atoms with Crippen LogP contribution in [0.4, 0.5) is 4.79 Å². The van der Waals surface area contributed by atoms with Crippen LogP contribution in [0.25, 0.3) is 0 Å². The zero-order valence-electron chi connectivity index (χ0n) is 22.4. The van der Waals surface area contributed by atoms with Crippen LogP contribution in [0.5, 0.6) is 0 Å². The number of rotatable bonds is 20. The monoisotopic (exact) mass is 491 g/mol. The molecule has 0 saturated heterocycles. The van der Waals surface area contributed by atoms with E-state index in [1.54, 1.807) is 32.9 Å². The quantitative estimate of drug-likeness (QED) is 0.101. The Kier molecular flexibility index (Phi) is 19.8. The van der Waals surface area contributed by atoms with Crippen LogP contribution in [0.15, 0.2) is 42.2 Å². The third-order valence-corrected chi connectivity index (χ3v) is 4.94. The molecule has 0 aliphatic rings. The fourth-order valence-electron chi connectivity index (χ4n) is 3.10. The van der Waals surface area contributed by atoms with Crippen molar-refractivity contribution in [1.82, 2.24) is 21.3 Å². The second-order valence-corrected chi connectivity index (χ2v) is 9.34. The fraction of sp³-hybridized carbons (Fsp3) is 0.667. The van der Waals surface area contributed by atoms with Gasteiger partial charge in [-0.05, 0) is 111 Å². The third-order valence-electron chi connectivity index (χ3n) is 4.94. The second-order valence-electron chi connectivity index (χ2n) is 9.34. The molecule has 1 amide bonds. The lowest BCUT2D eigenvalue weighted by molar-refractivity contribution is -0.120. The number of carbonyl (C=O) groups excluding carboxylic acids is 2. The molecule has 0 saturated carbocycles. The number of unbranched alkanes of at least 4 members (excludes halogenated alkanes) is 1. The number of nitrogens with two attached hydrogens (primary N) is 1. The van der Waals surface area contributed by atoms with Crippen molar-refractivity contribution in [1.29, 1.82) is 0 Å². The van der Waals surface area contributed by atoms with Gasteiger partial charge in [0.1, 0.15) is 5.60 Å². The molecular formula is C27H49N5O3. The van der Waals surface area contributed by atoms with Gasteiger partial charge in [-0.3, -0.25) is 4.79 Å². The Morgan fingerprint density at radius 2 is 1.60 bits per heavy atom. The average Bonchev–Trinajstić information content (AvgIpc) is 2.79. The van der Waals surface area contributed by atoms with Gasteiger partial charge >= 0.3 is 6.09 Å². The lowest BCUT2D eigenvalue weighted by Gasteiger charge is -2.23. The summed E-state index contributed by atoms with van der Waals surface area (Å²) in [5.74, 6) is -0.0852. The minimum absolute atomic E-state index is 0.0852. The molecule has 0 aliphatic heterocycles. The Hall–Kier alpha value is -2.22. The molecule has 8 nitrogen and oxygen atoms in total. The van der Waals surface area contributed by atoms with Gasteiger partial charge in [-0.2, -0.15) is 0 Å². The molecule has 8 heteroatoms. The molecule has 35 heavy (non-hydrogen) atoms. The summed E-state index contributed by atoms with van der Waals surface area (Å²) < 4.78 is 5.35. The van der Waals surface area contributed by atoms with Crippen molar-refractivity contribution in [3.05, 3.63) is 42.2 Å². The van der Waals surface area contributed by atoms with E-state index in [9.17, 15) is 9.59 Å². The highest BCUT2D eigenvalue weighted by Gasteiger charge is 2.24. The summed E-state index contributed by atoms with van der Waals surface area (Å²) in [6.45, 7) is 16.3. The molecule has 0 fully saturated rings. The Morgan fingerprint density at radius 1 is 1.00 bits per heavy atom. The Bertz CT molecular complexity index is 691. The van der Waals surface area contributed by atoms with E-state index in [4.69, 9.17) is 10.5 Å². The third kappa shape index (κ3) is 20.8. The first-order valence-electron chi connectivity index (χ1n) is 12.8. The van der Waals surface area contributed by atoms with Gasteiger partial charge in [-0.1, -0.05) is 24.8 Å². The van der Waals surface area contributed by atoms with Gasteiger partial charge in [0.2, 0.25) is 0 Å². The zero-order valence-corrected chi connectivity index (χ0v) is 22.4. The van der Waals surface area contributed by atoms with Crippen molar-refractivity contribution in [3.8, 4) is 0 Å². The number of nitrogens with one attached hydrogen (secondary N) is 4. The van der Waals surface area contributed by atoms with E-state index < -0.39 is 17.7 Å². The number of hydrogen-bond donors (Lipinski definition) is 5. The number of alkyl carbamates (subject to hydrolysis) is 1. The van der Waals surface area contributed by atoms with Crippen LogP contribution in [0.3, 0.4) is 0 Å². The standard InChI is InChI=1S/C27H49N5O3/c1-6-8-9-14-23(7-2)21-24(32-26(34)35-27(3,4)5)25(33)22-31-20-13-19-30-17-11-10-16-29-18-12-15-28/h7-9,14,24,29-31H,1,10-13,15-22,28H2,2-5H3,(H,32,34)/b14-9-,23-7+/t24-/m0/s1. The van der Waals surface area contributed by atoms with E-state index in [2.05, 4.69) is 33.6 Å². The second kappa shape index (κ2) is 21.1. The summed E-state index contributed by atoms with van der Waals surface area (Å²) in [5, 5.41) is 12.7. The number of allylic oxidation sites excluding steroid dienone is 4. The minimum Gasteiger partial charge on any atom is -0.444 e. The van der Waals surface area contributed by atoms with Crippen molar-refractivity contribution >= 4 is 11.9 Å². The van der Waals surface area contributed by atoms with Crippen LogP contribution in [0, 0.1) is 0 Å². The average molecular weight is 492 g/mol. The van der Waals surface area contributed by atoms with Crippen LogP contribution in [-0.2, 0) is 9.53 Å². The van der Waals surface area contributed by atoms with Gasteiger partial charge in [0, 0.05) is 0 Å². The van der Waals surface area contributed by atoms with Crippen LogP contribution in [0.2, 0.25) is 0 Å². The SMILES string of the molecule is C=C=C/C=C\C(=C/C)C[C@H](NC(=O)OC(C)(C)C)C(=O)CNCCCNCCCCNCCCN. The molecule has 6 N–H and O–H groups in total. The molecule has 0 aromatic heterocycles. The highest BCUT2D eigenvalue weighted by Crippen LogP contribution is 2.11. The maximum Gasteiger partial charge on any atom is 0.408 e. The predicted molar refractivity (Wildman–Crippen MR) is 146 cm³/mol. The summed E-state index contributed by atoms with van der Waals surface area (Å²) in [7, 11) is 0. The predicted octanol–water partition coefficient (Wildman–Crippen LogP) is 2.97. The molecule has 0 aromatic rings. The smallest absolute Gasteiger partial charge is 0.408 e. The number of hydrogen-bond acceptors (Lipinski definition) is 7. The lowest BCUT2D eigenvalue weighted by Crippen LogP contribution is -2.46. The van der Waals surface area contributed by atoms with E-state index in [-0.39, 0.29) is 12.3 Å². The molecule has 0 heterocycles. The van der Waals surface area contributed by atoms with Gasteiger partial charge in [-0.25, -0.2) is 4.79 Å². The molecule has 0 unspecified atom stereocenters. The first kappa shape index (κ1) is 32.8. The number of ether oxygens (including phenoxy) is 1. The minimum atomic E-state index is -0.683. The van der Waals surface area contributed by atoms with Crippen molar-refractivity contribution in [2.75, 3.05) is 45.8 Å². The van der Waals surface area contributed by atoms with Gasteiger partial charge in [-0.15, -0.1) is 5.73 Å². The maximum absolute atomic E-state index is 12.9. The van der Waals surface area contributed by atoms with Gasteiger partial charge < -0.3 is 31.7 Å². The summed E-state index contributed by atoms with van der Waals surface area (Å²) in [6.07, 6.45) is 11.3. The van der Waals surface area contributed by atoms with Gasteiger partial charge in [0.15, 0.2) is 5.78 Å². The highest BCUT2D eigenvalue weighted by molar-refractivity contribution is 5.89. The van der Waals surface area contributed by atoms with E-state index in [1.807, 2.05) is 19.1 Å². The number of carbonyl (C=O) groups is 2. The molecule has 0 radical (unpaired) electrons. The zero-order chi connectivity index (χ0) is 26.4.